The van der Waals surface area contributed by atoms with Crippen LogP contribution in [0.25, 0.3) is 0 Å². The lowest BCUT2D eigenvalue weighted by Gasteiger charge is -2.25. The molecule has 1 aliphatic carbocycles. The van der Waals surface area contributed by atoms with Gasteiger partial charge in [0.2, 0.25) is 0 Å². The van der Waals surface area contributed by atoms with Gasteiger partial charge in [-0.15, -0.1) is 0 Å². The number of aliphatic hydroxyl groups is 1. The SMILES string of the molecule is CC(CNCC(O)COc1ccc(Cl)cc1)N(C)C1CC1. The van der Waals surface area contributed by atoms with E-state index < -0.39 is 6.10 Å². The Morgan fingerprint density at radius 3 is 2.62 bits per heavy atom. The zero-order valence-electron chi connectivity index (χ0n) is 12.8. The predicted molar refractivity (Wildman–Crippen MR) is 86.1 cm³/mol. The van der Waals surface area contributed by atoms with E-state index in [0.717, 1.165) is 18.3 Å². The first kappa shape index (κ1) is 16.6. The number of nitrogens with one attached hydrogen (secondary N) is 1. The van der Waals surface area contributed by atoms with E-state index in [-0.39, 0.29) is 6.61 Å². The molecule has 118 valence electrons. The van der Waals surface area contributed by atoms with Gasteiger partial charge in [-0.25, -0.2) is 0 Å². The van der Waals surface area contributed by atoms with E-state index in [9.17, 15) is 5.11 Å². The van der Waals surface area contributed by atoms with E-state index in [1.54, 1.807) is 24.3 Å². The Morgan fingerprint density at radius 2 is 2.00 bits per heavy atom. The number of ether oxygens (including phenoxy) is 1. The normalized spacial score (nSPS) is 17.8. The minimum atomic E-state index is -0.515. The summed E-state index contributed by atoms with van der Waals surface area (Å²) in [5.74, 6) is 0.722. The van der Waals surface area contributed by atoms with Gasteiger partial charge in [0.25, 0.3) is 0 Å². The van der Waals surface area contributed by atoms with Crippen molar-refractivity contribution < 1.29 is 9.84 Å². The van der Waals surface area contributed by atoms with E-state index in [2.05, 4.69) is 24.2 Å². The number of rotatable bonds is 9. The van der Waals surface area contributed by atoms with Gasteiger partial charge in [0.15, 0.2) is 0 Å². The third-order valence-electron chi connectivity index (χ3n) is 3.89. The van der Waals surface area contributed by atoms with Gasteiger partial charge in [-0.2, -0.15) is 0 Å². The summed E-state index contributed by atoms with van der Waals surface area (Å²) < 4.78 is 5.52. The molecule has 1 fully saturated rings. The number of hydrogen-bond acceptors (Lipinski definition) is 4. The summed E-state index contributed by atoms with van der Waals surface area (Å²) in [5.41, 5.74) is 0. The molecule has 0 radical (unpaired) electrons. The maximum atomic E-state index is 9.91. The number of hydrogen-bond donors (Lipinski definition) is 2. The highest BCUT2D eigenvalue weighted by Crippen LogP contribution is 2.26. The molecule has 1 aliphatic rings. The zero-order valence-corrected chi connectivity index (χ0v) is 13.5. The molecule has 0 heterocycles. The summed E-state index contributed by atoms with van der Waals surface area (Å²) in [5, 5.41) is 13.9. The first-order valence-electron chi connectivity index (χ1n) is 7.55. The Morgan fingerprint density at radius 1 is 1.33 bits per heavy atom. The molecule has 0 spiro atoms. The first-order valence-corrected chi connectivity index (χ1v) is 7.93. The average Bonchev–Trinajstić information content (AvgIpc) is 3.30. The number of benzene rings is 1. The molecule has 0 aliphatic heterocycles. The molecule has 1 saturated carbocycles. The van der Waals surface area contributed by atoms with Crippen molar-refractivity contribution in [1.29, 1.82) is 0 Å². The van der Waals surface area contributed by atoms with Crippen molar-refractivity contribution in [3.63, 3.8) is 0 Å². The third-order valence-corrected chi connectivity index (χ3v) is 4.15. The Hall–Kier alpha value is -0.810. The van der Waals surface area contributed by atoms with Crippen molar-refractivity contribution in [3.8, 4) is 5.75 Å². The average molecular weight is 313 g/mol. The minimum absolute atomic E-state index is 0.279. The van der Waals surface area contributed by atoms with Crippen molar-refractivity contribution in [2.24, 2.45) is 0 Å². The van der Waals surface area contributed by atoms with Gasteiger partial charge in [0, 0.05) is 30.2 Å². The molecular weight excluding hydrogens is 288 g/mol. The molecule has 0 aromatic heterocycles. The molecular formula is C16H25ClN2O2. The second-order valence-electron chi connectivity index (χ2n) is 5.82. The van der Waals surface area contributed by atoms with Crippen molar-refractivity contribution in [2.45, 2.75) is 38.0 Å². The molecule has 2 atom stereocenters. The Labute approximate surface area is 132 Å². The number of likely N-dealkylation sites (N-methyl/N-ethyl adjacent to an activating group) is 1. The molecule has 4 nitrogen and oxygen atoms in total. The predicted octanol–water partition coefficient (Wildman–Crippen LogP) is 2.15. The topological polar surface area (TPSA) is 44.7 Å². The molecule has 2 N–H and O–H groups in total. The highest BCUT2D eigenvalue weighted by molar-refractivity contribution is 6.30. The zero-order chi connectivity index (χ0) is 15.2. The number of halogens is 1. The molecule has 21 heavy (non-hydrogen) atoms. The van der Waals surface area contributed by atoms with Crippen LogP contribution in [0.1, 0.15) is 19.8 Å². The van der Waals surface area contributed by atoms with Gasteiger partial charge in [0.1, 0.15) is 18.5 Å². The summed E-state index contributed by atoms with van der Waals surface area (Å²) in [7, 11) is 2.17. The van der Waals surface area contributed by atoms with Crippen LogP contribution in [0.3, 0.4) is 0 Å². The summed E-state index contributed by atoms with van der Waals surface area (Å²) in [6.07, 6.45) is 2.12. The maximum absolute atomic E-state index is 9.91. The summed E-state index contributed by atoms with van der Waals surface area (Å²) in [6.45, 7) is 3.91. The highest BCUT2D eigenvalue weighted by Gasteiger charge is 2.28. The van der Waals surface area contributed by atoms with Crippen LogP contribution >= 0.6 is 11.6 Å². The molecule has 1 aromatic rings. The van der Waals surface area contributed by atoms with E-state index in [1.807, 2.05) is 0 Å². The fraction of sp³-hybridized carbons (Fsp3) is 0.625. The lowest BCUT2D eigenvalue weighted by atomic mass is 10.2. The molecule has 2 rings (SSSR count). The van der Waals surface area contributed by atoms with Crippen LogP contribution in [-0.4, -0.2) is 54.9 Å². The van der Waals surface area contributed by atoms with Crippen LogP contribution in [0.15, 0.2) is 24.3 Å². The monoisotopic (exact) mass is 312 g/mol. The number of nitrogens with zero attached hydrogens (tertiary/aromatic N) is 1. The first-order chi connectivity index (χ1) is 10.1. The second kappa shape index (κ2) is 7.99. The summed E-state index contributed by atoms with van der Waals surface area (Å²) in [4.78, 5) is 2.41. The van der Waals surface area contributed by atoms with Crippen LogP contribution in [0, 0.1) is 0 Å². The quantitative estimate of drug-likeness (QED) is 0.733. The number of aliphatic hydroxyl groups excluding tert-OH is 1. The van der Waals surface area contributed by atoms with Crippen molar-refractivity contribution in [3.05, 3.63) is 29.3 Å². The van der Waals surface area contributed by atoms with E-state index in [4.69, 9.17) is 16.3 Å². The van der Waals surface area contributed by atoms with Crippen molar-refractivity contribution in [2.75, 3.05) is 26.7 Å². The van der Waals surface area contributed by atoms with E-state index >= 15 is 0 Å². The van der Waals surface area contributed by atoms with E-state index in [0.29, 0.717) is 17.6 Å². The van der Waals surface area contributed by atoms with Crippen molar-refractivity contribution >= 4 is 11.6 Å². The van der Waals surface area contributed by atoms with E-state index in [1.165, 1.54) is 12.8 Å². The molecule has 0 amide bonds. The standard InChI is InChI=1S/C16H25ClN2O2/c1-12(19(2)14-5-6-14)9-18-10-15(20)11-21-16-7-3-13(17)4-8-16/h3-4,7-8,12,14-15,18,20H,5-6,9-11H2,1-2H3. The molecule has 0 saturated heterocycles. The van der Waals surface area contributed by atoms with Crippen molar-refractivity contribution in [1.82, 2.24) is 10.2 Å². The molecule has 5 heteroatoms. The van der Waals surface area contributed by atoms with Crippen LogP contribution in [0.2, 0.25) is 5.02 Å². The van der Waals surface area contributed by atoms with Crippen LogP contribution in [-0.2, 0) is 0 Å². The van der Waals surface area contributed by atoms with Gasteiger partial charge in [0.05, 0.1) is 0 Å². The van der Waals surface area contributed by atoms with Crippen LogP contribution in [0.4, 0.5) is 0 Å². The largest absolute Gasteiger partial charge is 0.491 e. The second-order valence-corrected chi connectivity index (χ2v) is 6.26. The van der Waals surface area contributed by atoms with Gasteiger partial charge in [-0.05, 0) is 51.1 Å². The fourth-order valence-corrected chi connectivity index (χ4v) is 2.35. The third kappa shape index (κ3) is 5.83. The Balaban J connectivity index is 1.58. The summed E-state index contributed by atoms with van der Waals surface area (Å²) in [6, 6.07) is 8.40. The van der Waals surface area contributed by atoms with Gasteiger partial charge in [-0.3, -0.25) is 4.90 Å². The molecule has 1 aromatic carbocycles. The van der Waals surface area contributed by atoms with Gasteiger partial charge < -0.3 is 15.2 Å². The van der Waals surface area contributed by atoms with Crippen LogP contribution < -0.4 is 10.1 Å². The lowest BCUT2D eigenvalue weighted by molar-refractivity contribution is 0.104. The minimum Gasteiger partial charge on any atom is -0.491 e. The van der Waals surface area contributed by atoms with Gasteiger partial charge in [-0.1, -0.05) is 11.6 Å². The lowest BCUT2D eigenvalue weighted by Crippen LogP contribution is -2.42. The smallest absolute Gasteiger partial charge is 0.119 e. The summed E-state index contributed by atoms with van der Waals surface area (Å²) >= 11 is 5.81. The Bertz CT molecular complexity index is 423. The molecule has 0 bridgehead atoms. The fourth-order valence-electron chi connectivity index (χ4n) is 2.23. The molecule has 2 unspecified atom stereocenters. The van der Waals surface area contributed by atoms with Crippen LogP contribution in [0.5, 0.6) is 5.75 Å². The maximum Gasteiger partial charge on any atom is 0.119 e. The highest BCUT2D eigenvalue weighted by atomic mass is 35.5. The Kier molecular flexibility index (Phi) is 6.30. The van der Waals surface area contributed by atoms with Gasteiger partial charge >= 0.3 is 0 Å².